The predicted molar refractivity (Wildman–Crippen MR) is 113 cm³/mol. The molecule has 3 aromatic rings. The van der Waals surface area contributed by atoms with Crippen LogP contribution >= 0.6 is 0 Å². The molecule has 2 aromatic carbocycles. The van der Waals surface area contributed by atoms with Crippen molar-refractivity contribution in [1.29, 1.82) is 0 Å². The number of hydrogen-bond acceptors (Lipinski definition) is 5. The highest BCUT2D eigenvalue weighted by Gasteiger charge is 2.30. The van der Waals surface area contributed by atoms with Gasteiger partial charge in [0.2, 0.25) is 10.0 Å². The minimum absolute atomic E-state index is 0.153. The molecule has 8 nitrogen and oxygen atoms in total. The second-order valence-corrected chi connectivity index (χ2v) is 8.60. The molecular weight excluding hydrogens is 449 g/mol. The largest absolute Gasteiger partial charge is 0.494 e. The zero-order valence-electron chi connectivity index (χ0n) is 17.2. The van der Waals surface area contributed by atoms with Crippen LogP contribution in [0.3, 0.4) is 0 Å². The third kappa shape index (κ3) is 5.19. The molecule has 0 saturated heterocycles. The number of sulfonamides is 1. The van der Waals surface area contributed by atoms with Crippen molar-refractivity contribution in [2.75, 3.05) is 23.4 Å². The molecule has 0 aliphatic rings. The number of hydrogen-bond donors (Lipinski definition) is 2. The van der Waals surface area contributed by atoms with E-state index in [1.807, 2.05) is 0 Å². The van der Waals surface area contributed by atoms with Gasteiger partial charge in [-0.15, -0.1) is 0 Å². The molecule has 170 valence electrons. The number of carbonyl (C=O) groups is 1. The fraction of sp³-hybridized carbons (Fsp3) is 0.200. The molecule has 0 spiro atoms. The summed E-state index contributed by atoms with van der Waals surface area (Å²) >= 11 is 0. The van der Waals surface area contributed by atoms with E-state index in [9.17, 15) is 26.4 Å². The Morgan fingerprint density at radius 2 is 1.88 bits per heavy atom. The van der Waals surface area contributed by atoms with Crippen molar-refractivity contribution in [2.45, 2.75) is 13.1 Å². The molecule has 1 heterocycles. The average molecular weight is 468 g/mol. The van der Waals surface area contributed by atoms with Crippen LogP contribution in [0.4, 0.5) is 24.5 Å². The van der Waals surface area contributed by atoms with Crippen molar-refractivity contribution >= 4 is 27.3 Å². The van der Waals surface area contributed by atoms with Gasteiger partial charge in [-0.05, 0) is 37.3 Å². The van der Waals surface area contributed by atoms with Crippen LogP contribution in [0, 0.1) is 6.92 Å². The van der Waals surface area contributed by atoms with Crippen molar-refractivity contribution in [1.82, 2.24) is 9.78 Å². The van der Waals surface area contributed by atoms with Gasteiger partial charge >= 0.3 is 6.18 Å². The summed E-state index contributed by atoms with van der Waals surface area (Å²) in [5.74, 6) is -0.365. The second-order valence-electron chi connectivity index (χ2n) is 6.85. The summed E-state index contributed by atoms with van der Waals surface area (Å²) in [6, 6.07) is 8.94. The van der Waals surface area contributed by atoms with Gasteiger partial charge in [0, 0.05) is 11.8 Å². The zero-order chi connectivity index (χ0) is 23.7. The third-order valence-electron chi connectivity index (χ3n) is 4.43. The van der Waals surface area contributed by atoms with Gasteiger partial charge in [-0.25, -0.2) is 13.1 Å². The van der Waals surface area contributed by atoms with Crippen molar-refractivity contribution in [3.05, 3.63) is 65.5 Å². The Bertz CT molecular complexity index is 1270. The van der Waals surface area contributed by atoms with Gasteiger partial charge in [0.05, 0.1) is 47.8 Å². The Hall–Kier alpha value is -3.54. The number of alkyl halides is 3. The van der Waals surface area contributed by atoms with Gasteiger partial charge in [-0.1, -0.05) is 6.07 Å². The maximum atomic E-state index is 13.0. The molecule has 1 aromatic heterocycles. The predicted octanol–water partition coefficient (Wildman–Crippen LogP) is 3.83. The standard InChI is InChI=1S/C20H19F3N4O4S/c1-12-16(11-24-27(12)15-6-4-5-13(9-15)20(21,22)23)19(28)25-14-7-8-17(18(10-14)31-2)26-32(3,29)30/h4-11,26H,1-3H3,(H,25,28). The quantitative estimate of drug-likeness (QED) is 0.573. The highest BCUT2D eigenvalue weighted by atomic mass is 32.2. The minimum atomic E-state index is -4.51. The van der Waals surface area contributed by atoms with Crippen LogP contribution in [0.1, 0.15) is 21.6 Å². The zero-order valence-corrected chi connectivity index (χ0v) is 18.0. The number of anilines is 2. The number of ether oxygens (including phenoxy) is 1. The van der Waals surface area contributed by atoms with E-state index < -0.39 is 27.7 Å². The molecular formula is C20H19F3N4O4S. The van der Waals surface area contributed by atoms with Crippen LogP contribution in [0.5, 0.6) is 5.75 Å². The van der Waals surface area contributed by atoms with Gasteiger partial charge in [0.15, 0.2) is 0 Å². The van der Waals surface area contributed by atoms with E-state index in [1.54, 1.807) is 6.92 Å². The summed E-state index contributed by atoms with van der Waals surface area (Å²) in [7, 11) is -2.18. The lowest BCUT2D eigenvalue weighted by Crippen LogP contribution is -2.14. The van der Waals surface area contributed by atoms with E-state index in [1.165, 1.54) is 48.3 Å². The van der Waals surface area contributed by atoms with Crippen molar-refractivity contribution in [3.8, 4) is 11.4 Å². The maximum Gasteiger partial charge on any atom is 0.416 e. The van der Waals surface area contributed by atoms with Crippen LogP contribution < -0.4 is 14.8 Å². The van der Waals surface area contributed by atoms with E-state index in [0.29, 0.717) is 11.4 Å². The summed E-state index contributed by atoms with van der Waals surface area (Å²) in [5, 5.41) is 6.68. The van der Waals surface area contributed by atoms with Crippen LogP contribution in [0.15, 0.2) is 48.7 Å². The second kappa shape index (κ2) is 8.54. The van der Waals surface area contributed by atoms with Gasteiger partial charge < -0.3 is 10.1 Å². The first kappa shape index (κ1) is 23.1. The molecule has 0 aliphatic heterocycles. The molecule has 0 unspecified atom stereocenters. The number of halogens is 3. The Morgan fingerprint density at radius 3 is 2.50 bits per heavy atom. The maximum absolute atomic E-state index is 13.0. The van der Waals surface area contributed by atoms with E-state index >= 15 is 0 Å². The van der Waals surface area contributed by atoms with Gasteiger partial charge in [-0.3, -0.25) is 9.52 Å². The first-order valence-corrected chi connectivity index (χ1v) is 11.0. The number of carbonyl (C=O) groups excluding carboxylic acids is 1. The fourth-order valence-electron chi connectivity index (χ4n) is 2.96. The normalized spacial score (nSPS) is 11.8. The number of nitrogens with one attached hydrogen (secondary N) is 2. The molecule has 32 heavy (non-hydrogen) atoms. The molecule has 0 saturated carbocycles. The number of benzene rings is 2. The molecule has 0 aliphatic carbocycles. The Kier molecular flexibility index (Phi) is 6.17. The molecule has 0 bridgehead atoms. The fourth-order valence-corrected chi connectivity index (χ4v) is 3.53. The molecule has 12 heteroatoms. The molecule has 0 atom stereocenters. The molecule has 3 rings (SSSR count). The Labute approximate surface area is 182 Å². The smallest absolute Gasteiger partial charge is 0.416 e. The van der Waals surface area contributed by atoms with Crippen LogP contribution in [-0.4, -0.2) is 37.5 Å². The Morgan fingerprint density at radius 1 is 1.16 bits per heavy atom. The van der Waals surface area contributed by atoms with Crippen LogP contribution in [0.25, 0.3) is 5.69 Å². The SMILES string of the molecule is COc1cc(NC(=O)c2cnn(-c3cccc(C(F)(F)F)c3)c2C)ccc1NS(C)(=O)=O. The summed E-state index contributed by atoms with van der Waals surface area (Å²) in [6.45, 7) is 1.56. The molecule has 0 radical (unpaired) electrons. The first-order valence-electron chi connectivity index (χ1n) is 9.08. The van der Waals surface area contributed by atoms with Crippen molar-refractivity contribution < 1.29 is 31.1 Å². The van der Waals surface area contributed by atoms with Crippen molar-refractivity contribution in [2.24, 2.45) is 0 Å². The summed E-state index contributed by atoms with van der Waals surface area (Å²) < 4.78 is 70.6. The number of amides is 1. The first-order chi connectivity index (χ1) is 14.9. The third-order valence-corrected chi connectivity index (χ3v) is 5.02. The van der Waals surface area contributed by atoms with E-state index in [0.717, 1.165) is 18.4 Å². The number of nitrogens with zero attached hydrogens (tertiary/aromatic N) is 2. The van der Waals surface area contributed by atoms with Gasteiger partial charge in [0.25, 0.3) is 5.91 Å². The summed E-state index contributed by atoms with van der Waals surface area (Å²) in [6.07, 6.45) is -2.26. The van der Waals surface area contributed by atoms with E-state index in [-0.39, 0.29) is 22.7 Å². The molecule has 0 fully saturated rings. The lowest BCUT2D eigenvalue weighted by molar-refractivity contribution is -0.137. The van der Waals surface area contributed by atoms with Gasteiger partial charge in [-0.2, -0.15) is 18.3 Å². The highest BCUT2D eigenvalue weighted by molar-refractivity contribution is 7.92. The number of methoxy groups -OCH3 is 1. The highest BCUT2D eigenvalue weighted by Crippen LogP contribution is 2.31. The number of aromatic nitrogens is 2. The van der Waals surface area contributed by atoms with E-state index in [2.05, 4.69) is 15.1 Å². The number of rotatable bonds is 6. The monoisotopic (exact) mass is 468 g/mol. The molecule has 1 amide bonds. The average Bonchev–Trinajstić information content (AvgIpc) is 3.09. The Balaban J connectivity index is 1.85. The van der Waals surface area contributed by atoms with Gasteiger partial charge in [0.1, 0.15) is 5.75 Å². The van der Waals surface area contributed by atoms with E-state index in [4.69, 9.17) is 4.74 Å². The summed E-state index contributed by atoms with van der Waals surface area (Å²) in [4.78, 5) is 12.7. The lowest BCUT2D eigenvalue weighted by Gasteiger charge is -2.12. The molecule has 2 N–H and O–H groups in total. The van der Waals surface area contributed by atoms with Crippen molar-refractivity contribution in [3.63, 3.8) is 0 Å². The summed E-state index contributed by atoms with van der Waals surface area (Å²) in [5.41, 5.74) is 0.336. The minimum Gasteiger partial charge on any atom is -0.494 e. The van der Waals surface area contributed by atoms with Crippen LogP contribution in [0.2, 0.25) is 0 Å². The van der Waals surface area contributed by atoms with Crippen LogP contribution in [-0.2, 0) is 16.2 Å². The topological polar surface area (TPSA) is 102 Å². The lowest BCUT2D eigenvalue weighted by atomic mass is 10.2.